The Kier molecular flexibility index (Phi) is 8.64. The van der Waals surface area contributed by atoms with Crippen molar-refractivity contribution >= 4 is 11.9 Å². The number of nitrogens with zero attached hydrogens (tertiary/aromatic N) is 2. The molecule has 0 atom stereocenters. The highest BCUT2D eigenvalue weighted by atomic mass is 16.4. The summed E-state index contributed by atoms with van der Waals surface area (Å²) in [5.74, 6) is -1.62. The number of hydrogen-bond donors (Lipinski definition) is 2. The van der Waals surface area contributed by atoms with Gasteiger partial charge in [-0.05, 0) is 18.8 Å². The Hall–Kier alpha value is -2.11. The van der Waals surface area contributed by atoms with Crippen molar-refractivity contribution in [1.29, 1.82) is 0 Å². The van der Waals surface area contributed by atoms with Crippen LogP contribution in [0.15, 0.2) is 30.9 Å². The maximum Gasteiger partial charge on any atom is 0.328 e. The Bertz CT molecular complexity index is 445. The van der Waals surface area contributed by atoms with Gasteiger partial charge in [0.25, 0.3) is 0 Å². The average molecular weight is 308 g/mol. The van der Waals surface area contributed by atoms with Crippen molar-refractivity contribution < 1.29 is 19.8 Å². The van der Waals surface area contributed by atoms with E-state index >= 15 is 0 Å². The smallest absolute Gasteiger partial charge is 0.328 e. The van der Waals surface area contributed by atoms with E-state index in [4.69, 9.17) is 10.2 Å². The van der Waals surface area contributed by atoms with Crippen molar-refractivity contribution in [1.82, 2.24) is 9.55 Å². The van der Waals surface area contributed by atoms with Crippen LogP contribution in [0.4, 0.5) is 0 Å². The molecule has 1 fully saturated rings. The van der Waals surface area contributed by atoms with Crippen LogP contribution in [-0.2, 0) is 16.1 Å². The van der Waals surface area contributed by atoms with Crippen LogP contribution in [0.2, 0.25) is 0 Å². The Balaban J connectivity index is 0.000000261. The lowest BCUT2D eigenvalue weighted by Crippen LogP contribution is -2.11. The minimum Gasteiger partial charge on any atom is -0.478 e. The van der Waals surface area contributed by atoms with E-state index in [1.54, 1.807) is 0 Å². The lowest BCUT2D eigenvalue weighted by molar-refractivity contribution is -0.134. The van der Waals surface area contributed by atoms with E-state index < -0.39 is 11.9 Å². The van der Waals surface area contributed by atoms with E-state index in [2.05, 4.69) is 15.7 Å². The van der Waals surface area contributed by atoms with E-state index in [0.717, 1.165) is 5.92 Å². The molecule has 1 heterocycles. The lowest BCUT2D eigenvalue weighted by atomic mass is 9.91. The van der Waals surface area contributed by atoms with Crippen LogP contribution < -0.4 is 0 Å². The normalized spacial score (nSPS) is 16.4. The molecule has 6 heteroatoms. The molecule has 2 N–H and O–H groups in total. The van der Waals surface area contributed by atoms with Crippen LogP contribution in [0.1, 0.15) is 44.9 Å². The highest BCUT2D eigenvalue weighted by Crippen LogP contribution is 2.23. The van der Waals surface area contributed by atoms with Crippen LogP contribution in [0.25, 0.3) is 0 Å². The molecular formula is C16H24N2O4. The molecule has 0 spiro atoms. The molecule has 1 aromatic heterocycles. The third kappa shape index (κ3) is 8.94. The molecule has 2 rings (SSSR count). The Labute approximate surface area is 130 Å². The van der Waals surface area contributed by atoms with Crippen molar-refractivity contribution in [3.63, 3.8) is 0 Å². The maximum absolute atomic E-state index is 9.55. The monoisotopic (exact) mass is 308 g/mol. The van der Waals surface area contributed by atoms with Crippen molar-refractivity contribution in [3.8, 4) is 0 Å². The number of rotatable bonds is 4. The highest BCUT2D eigenvalue weighted by Gasteiger charge is 2.11. The van der Waals surface area contributed by atoms with Gasteiger partial charge < -0.3 is 14.8 Å². The van der Waals surface area contributed by atoms with Gasteiger partial charge in [-0.1, -0.05) is 32.1 Å². The highest BCUT2D eigenvalue weighted by molar-refractivity contribution is 5.89. The predicted molar refractivity (Wildman–Crippen MR) is 82.4 cm³/mol. The molecule has 0 aliphatic heterocycles. The summed E-state index contributed by atoms with van der Waals surface area (Å²) in [4.78, 5) is 23.2. The molecule has 6 nitrogen and oxygen atoms in total. The van der Waals surface area contributed by atoms with Crippen LogP contribution in [-0.4, -0.2) is 31.7 Å². The zero-order valence-electron chi connectivity index (χ0n) is 12.7. The first-order valence-corrected chi connectivity index (χ1v) is 7.67. The van der Waals surface area contributed by atoms with Gasteiger partial charge in [-0.15, -0.1) is 0 Å². The number of aromatic nitrogens is 2. The van der Waals surface area contributed by atoms with Gasteiger partial charge in [0.15, 0.2) is 0 Å². The Morgan fingerprint density at radius 1 is 1.05 bits per heavy atom. The number of carbonyl (C=O) groups is 2. The second kappa shape index (κ2) is 10.6. The fourth-order valence-electron chi connectivity index (χ4n) is 2.56. The van der Waals surface area contributed by atoms with E-state index in [-0.39, 0.29) is 0 Å². The molecule has 0 amide bonds. The average Bonchev–Trinajstić information content (AvgIpc) is 2.93. The van der Waals surface area contributed by atoms with Crippen molar-refractivity contribution in [2.24, 2.45) is 5.92 Å². The molecular weight excluding hydrogens is 284 g/mol. The standard InChI is InChI=1S/C12H20N2.C4H4O4/c1-2-4-6-12(7-5-3-1)10-14-9-8-13-11-14;5-3(6)1-2-4(7)8/h8-9,11-12H,1-7,10H2;1-2H,(H,5,6)(H,7,8)/b;2-1+. The van der Waals surface area contributed by atoms with Gasteiger partial charge in [-0.3, -0.25) is 0 Å². The van der Waals surface area contributed by atoms with Crippen LogP contribution in [0.3, 0.4) is 0 Å². The number of hydrogen-bond acceptors (Lipinski definition) is 3. The van der Waals surface area contributed by atoms with Gasteiger partial charge in [-0.25, -0.2) is 14.6 Å². The molecule has 1 aliphatic carbocycles. The summed E-state index contributed by atoms with van der Waals surface area (Å²) in [5.41, 5.74) is 0. The zero-order chi connectivity index (χ0) is 16.2. The van der Waals surface area contributed by atoms with Gasteiger partial charge >= 0.3 is 11.9 Å². The van der Waals surface area contributed by atoms with Crippen molar-refractivity contribution in [2.45, 2.75) is 51.5 Å². The van der Waals surface area contributed by atoms with Crippen LogP contribution in [0, 0.1) is 5.92 Å². The quantitative estimate of drug-likeness (QED) is 0.834. The van der Waals surface area contributed by atoms with Crippen molar-refractivity contribution in [2.75, 3.05) is 0 Å². The molecule has 0 radical (unpaired) electrons. The largest absolute Gasteiger partial charge is 0.478 e. The molecule has 0 bridgehead atoms. The van der Waals surface area contributed by atoms with Crippen LogP contribution >= 0.6 is 0 Å². The summed E-state index contributed by atoms with van der Waals surface area (Å²) in [6, 6.07) is 0. The fourth-order valence-corrected chi connectivity index (χ4v) is 2.56. The van der Waals surface area contributed by atoms with Gasteiger partial charge in [0.1, 0.15) is 0 Å². The molecule has 1 aliphatic rings. The lowest BCUT2D eigenvalue weighted by Gasteiger charge is -2.19. The van der Waals surface area contributed by atoms with Gasteiger partial charge in [0.2, 0.25) is 0 Å². The second-order valence-electron chi connectivity index (χ2n) is 5.48. The van der Waals surface area contributed by atoms with Gasteiger partial charge in [0, 0.05) is 31.1 Å². The van der Waals surface area contributed by atoms with Gasteiger partial charge in [0.05, 0.1) is 6.33 Å². The number of aliphatic carboxylic acids is 2. The number of carboxylic acids is 2. The van der Waals surface area contributed by atoms with Gasteiger partial charge in [-0.2, -0.15) is 0 Å². The molecule has 1 aromatic rings. The second-order valence-corrected chi connectivity index (χ2v) is 5.48. The zero-order valence-corrected chi connectivity index (χ0v) is 12.7. The molecule has 1 saturated carbocycles. The third-order valence-corrected chi connectivity index (χ3v) is 3.62. The summed E-state index contributed by atoms with van der Waals surface area (Å²) >= 11 is 0. The number of carboxylic acid groups (broad SMARTS) is 2. The van der Waals surface area contributed by atoms with E-state index in [0.29, 0.717) is 12.2 Å². The van der Waals surface area contributed by atoms with E-state index in [1.165, 1.54) is 51.5 Å². The topological polar surface area (TPSA) is 92.4 Å². The summed E-state index contributed by atoms with van der Waals surface area (Å²) in [6.07, 6.45) is 17.1. The van der Waals surface area contributed by atoms with Crippen LogP contribution in [0.5, 0.6) is 0 Å². The minimum absolute atomic E-state index is 0.558. The fraction of sp³-hybridized carbons (Fsp3) is 0.562. The summed E-state index contributed by atoms with van der Waals surface area (Å²) < 4.78 is 2.23. The number of imidazole rings is 1. The molecule has 122 valence electrons. The first-order chi connectivity index (χ1) is 10.6. The van der Waals surface area contributed by atoms with Crippen molar-refractivity contribution in [3.05, 3.63) is 30.9 Å². The Morgan fingerprint density at radius 2 is 1.59 bits per heavy atom. The predicted octanol–water partition coefficient (Wildman–Crippen LogP) is 2.96. The molecule has 0 unspecified atom stereocenters. The molecule has 22 heavy (non-hydrogen) atoms. The molecule has 0 saturated heterocycles. The van der Waals surface area contributed by atoms with E-state index in [1.807, 2.05) is 12.5 Å². The third-order valence-electron chi connectivity index (χ3n) is 3.62. The summed E-state index contributed by atoms with van der Waals surface area (Å²) in [7, 11) is 0. The minimum atomic E-state index is -1.26. The Morgan fingerprint density at radius 3 is 2.05 bits per heavy atom. The molecule has 0 aromatic carbocycles. The van der Waals surface area contributed by atoms with E-state index in [9.17, 15) is 9.59 Å². The SMILES string of the molecule is O=C(O)/C=C/C(=O)O.c1cn(CC2CCCCCCC2)cn1. The summed E-state index contributed by atoms with van der Waals surface area (Å²) in [5, 5.41) is 15.6. The summed E-state index contributed by atoms with van der Waals surface area (Å²) in [6.45, 7) is 1.18. The first-order valence-electron chi connectivity index (χ1n) is 7.67. The first kappa shape index (κ1) is 17.9. The maximum atomic E-state index is 9.55.